The number of nitrogens with one attached hydrogen (secondary N) is 4. The van der Waals surface area contributed by atoms with Gasteiger partial charge in [0.25, 0.3) is 0 Å². The van der Waals surface area contributed by atoms with Crippen LogP contribution in [0.5, 0.6) is 0 Å². The maximum Gasteiger partial charge on any atom is 0.326 e. The van der Waals surface area contributed by atoms with Gasteiger partial charge in [0.15, 0.2) is 0 Å². The van der Waals surface area contributed by atoms with E-state index in [9.17, 15) is 29.1 Å². The molecule has 0 aliphatic rings. The van der Waals surface area contributed by atoms with Crippen LogP contribution in [-0.2, 0) is 36.8 Å². The zero-order valence-electron chi connectivity index (χ0n) is 18.9. The van der Waals surface area contributed by atoms with E-state index >= 15 is 0 Å². The van der Waals surface area contributed by atoms with Gasteiger partial charge in [0.2, 0.25) is 17.7 Å². The van der Waals surface area contributed by atoms with Gasteiger partial charge in [0.05, 0.1) is 18.8 Å². The summed E-state index contributed by atoms with van der Waals surface area (Å²) in [6, 6.07) is 3.76. The summed E-state index contributed by atoms with van der Waals surface area (Å²) in [6.07, 6.45) is 2.17. The lowest BCUT2D eigenvalue weighted by atomic mass is 10.1. The van der Waals surface area contributed by atoms with Crippen molar-refractivity contribution in [1.82, 2.24) is 25.9 Å². The van der Waals surface area contributed by atoms with Crippen LogP contribution >= 0.6 is 0 Å². The number of carboxylic acid groups (broad SMARTS) is 2. The van der Waals surface area contributed by atoms with Gasteiger partial charge in [-0.25, -0.2) is 9.78 Å². The number of nitrogens with zero attached hydrogens (tertiary/aromatic N) is 1. The van der Waals surface area contributed by atoms with Crippen LogP contribution in [0.2, 0.25) is 0 Å². The van der Waals surface area contributed by atoms with Gasteiger partial charge in [0.1, 0.15) is 18.1 Å². The van der Waals surface area contributed by atoms with Crippen LogP contribution < -0.4 is 21.7 Å². The minimum Gasteiger partial charge on any atom is -0.481 e. The largest absolute Gasteiger partial charge is 0.481 e. The quantitative estimate of drug-likeness (QED) is 0.175. The average Bonchev–Trinajstić information content (AvgIpc) is 3.31. The molecule has 4 unspecified atom stereocenters. The Labute approximate surface area is 200 Å². The normalized spacial score (nSPS) is 14.1. The Balaban J connectivity index is 2.04. The monoisotopic (exact) mass is 488 g/mol. The molecule has 1 heterocycles. The minimum atomic E-state index is -1.39. The summed E-state index contributed by atoms with van der Waals surface area (Å²) in [7, 11) is 0. The van der Waals surface area contributed by atoms with Crippen molar-refractivity contribution in [2.45, 2.75) is 50.4 Å². The summed E-state index contributed by atoms with van der Waals surface area (Å²) in [5, 5.41) is 25.5. The van der Waals surface area contributed by atoms with Crippen molar-refractivity contribution in [1.29, 1.82) is 0 Å². The second-order valence-electron chi connectivity index (χ2n) is 7.87. The number of H-pyrrole nitrogens is 1. The molecule has 13 nitrogen and oxygen atoms in total. The number of hydrogen-bond acceptors (Lipinski definition) is 7. The predicted molar refractivity (Wildman–Crippen MR) is 122 cm³/mol. The van der Waals surface area contributed by atoms with E-state index in [0.29, 0.717) is 11.3 Å². The molecule has 0 aliphatic heterocycles. The molecule has 0 aliphatic carbocycles. The van der Waals surface area contributed by atoms with Gasteiger partial charge in [-0.3, -0.25) is 19.2 Å². The van der Waals surface area contributed by atoms with Crippen LogP contribution in [0.15, 0.2) is 42.9 Å². The van der Waals surface area contributed by atoms with Gasteiger partial charge in [-0.2, -0.15) is 0 Å². The number of carbonyl (C=O) groups excluding carboxylic acids is 3. The fourth-order valence-corrected chi connectivity index (χ4v) is 3.11. The van der Waals surface area contributed by atoms with Gasteiger partial charge >= 0.3 is 11.9 Å². The smallest absolute Gasteiger partial charge is 0.326 e. The molecular weight excluding hydrogens is 460 g/mol. The molecule has 8 N–H and O–H groups in total. The van der Waals surface area contributed by atoms with E-state index in [-0.39, 0.29) is 12.8 Å². The molecule has 35 heavy (non-hydrogen) atoms. The van der Waals surface area contributed by atoms with Crippen molar-refractivity contribution in [3.8, 4) is 0 Å². The molecule has 1 aromatic carbocycles. The summed E-state index contributed by atoms with van der Waals surface area (Å²) in [6.45, 7) is 1.36. The predicted octanol–water partition coefficient (Wildman–Crippen LogP) is -1.44. The van der Waals surface area contributed by atoms with E-state index in [4.69, 9.17) is 10.8 Å². The third-order valence-electron chi connectivity index (χ3n) is 4.99. The number of aromatic amines is 1. The molecule has 0 saturated carbocycles. The van der Waals surface area contributed by atoms with Crippen LogP contribution in [0.25, 0.3) is 0 Å². The fourth-order valence-electron chi connectivity index (χ4n) is 3.11. The number of benzene rings is 1. The van der Waals surface area contributed by atoms with Crippen molar-refractivity contribution in [2.75, 3.05) is 0 Å². The molecule has 1 aromatic heterocycles. The number of aliphatic carboxylic acids is 2. The lowest BCUT2D eigenvalue weighted by Gasteiger charge is -2.23. The molecular formula is C22H28N6O7. The number of hydrogen-bond donors (Lipinski definition) is 7. The average molecular weight is 489 g/mol. The third-order valence-corrected chi connectivity index (χ3v) is 4.99. The van der Waals surface area contributed by atoms with Gasteiger partial charge in [-0.1, -0.05) is 30.3 Å². The number of carboxylic acids is 2. The van der Waals surface area contributed by atoms with E-state index in [0.717, 1.165) is 0 Å². The standard InChI is InChI=1S/C22H28N6O7/c1-12(19(31)28-17(22(34)35)7-13-5-3-2-4-6-13)26-21(33)16(8-14-10-24-11-25-14)27-20(32)15(23)9-18(29)30/h2-6,10-12,15-17H,7-9,23H2,1H3,(H,24,25)(H,26,33)(H,27,32)(H,28,31)(H,29,30)(H,34,35). The summed E-state index contributed by atoms with van der Waals surface area (Å²) in [5.41, 5.74) is 6.77. The molecule has 3 amide bonds. The molecule has 4 atom stereocenters. The van der Waals surface area contributed by atoms with Gasteiger partial charge in [-0.05, 0) is 12.5 Å². The highest BCUT2D eigenvalue weighted by Gasteiger charge is 2.29. The summed E-state index contributed by atoms with van der Waals surface area (Å²) < 4.78 is 0. The van der Waals surface area contributed by atoms with Gasteiger partial charge in [0, 0.05) is 24.7 Å². The number of rotatable bonds is 13. The Kier molecular flexibility index (Phi) is 9.90. The zero-order chi connectivity index (χ0) is 26.0. The van der Waals surface area contributed by atoms with E-state index in [1.54, 1.807) is 30.3 Å². The lowest BCUT2D eigenvalue weighted by Crippen LogP contribution is -2.57. The highest BCUT2D eigenvalue weighted by molar-refractivity contribution is 5.94. The van der Waals surface area contributed by atoms with E-state index in [1.807, 2.05) is 0 Å². The van der Waals surface area contributed by atoms with Crippen LogP contribution in [0, 0.1) is 0 Å². The highest BCUT2D eigenvalue weighted by Crippen LogP contribution is 2.05. The number of amides is 3. The molecule has 0 bridgehead atoms. The van der Waals surface area contributed by atoms with E-state index in [1.165, 1.54) is 19.4 Å². The molecule has 0 fully saturated rings. The second kappa shape index (κ2) is 12.8. The molecule has 0 radical (unpaired) electrons. The summed E-state index contributed by atoms with van der Waals surface area (Å²) in [4.78, 5) is 66.8. The Morgan fingerprint density at radius 3 is 2.17 bits per heavy atom. The zero-order valence-corrected chi connectivity index (χ0v) is 18.9. The Morgan fingerprint density at radius 2 is 1.60 bits per heavy atom. The molecule has 0 spiro atoms. The van der Waals surface area contributed by atoms with Crippen LogP contribution in [-0.4, -0.2) is 74.0 Å². The number of carbonyl (C=O) groups is 5. The number of aromatic nitrogens is 2. The van der Waals surface area contributed by atoms with Crippen molar-refractivity contribution >= 4 is 29.7 Å². The molecule has 2 rings (SSSR count). The first kappa shape index (κ1) is 27.0. The van der Waals surface area contributed by atoms with Crippen LogP contribution in [0.3, 0.4) is 0 Å². The highest BCUT2D eigenvalue weighted by atomic mass is 16.4. The molecule has 188 valence electrons. The molecule has 13 heteroatoms. The first-order valence-corrected chi connectivity index (χ1v) is 10.7. The topological polar surface area (TPSA) is 217 Å². The lowest BCUT2D eigenvalue weighted by molar-refractivity contribution is -0.142. The minimum absolute atomic E-state index is 0.0442. The van der Waals surface area contributed by atoms with Crippen molar-refractivity contribution < 1.29 is 34.2 Å². The maximum atomic E-state index is 12.9. The van der Waals surface area contributed by atoms with E-state index < -0.39 is 60.2 Å². The Bertz CT molecular complexity index is 1030. The molecule has 0 saturated heterocycles. The Hall–Kier alpha value is -4.26. The summed E-state index contributed by atoms with van der Waals surface area (Å²) >= 11 is 0. The summed E-state index contributed by atoms with van der Waals surface area (Å²) in [5.74, 6) is -4.88. The van der Waals surface area contributed by atoms with Crippen LogP contribution in [0.4, 0.5) is 0 Å². The Morgan fingerprint density at radius 1 is 0.943 bits per heavy atom. The second-order valence-corrected chi connectivity index (χ2v) is 7.87. The molecule has 2 aromatic rings. The first-order valence-electron chi connectivity index (χ1n) is 10.7. The number of imidazole rings is 1. The van der Waals surface area contributed by atoms with Crippen molar-refractivity contribution in [3.63, 3.8) is 0 Å². The fraction of sp³-hybridized carbons (Fsp3) is 0.364. The van der Waals surface area contributed by atoms with Crippen molar-refractivity contribution in [3.05, 3.63) is 54.1 Å². The maximum absolute atomic E-state index is 12.9. The first-order chi connectivity index (χ1) is 16.6. The number of nitrogens with two attached hydrogens (primary N) is 1. The third kappa shape index (κ3) is 8.89. The van der Waals surface area contributed by atoms with E-state index in [2.05, 4.69) is 25.9 Å². The van der Waals surface area contributed by atoms with Gasteiger partial charge < -0.3 is 36.9 Å². The SMILES string of the molecule is CC(NC(=O)C(Cc1cnc[nH]1)NC(=O)C(N)CC(=O)O)C(=O)NC(Cc1ccccc1)C(=O)O. The van der Waals surface area contributed by atoms with Crippen LogP contribution in [0.1, 0.15) is 24.6 Å². The van der Waals surface area contributed by atoms with Crippen molar-refractivity contribution in [2.24, 2.45) is 5.73 Å². The van der Waals surface area contributed by atoms with Gasteiger partial charge in [-0.15, -0.1) is 0 Å².